The summed E-state index contributed by atoms with van der Waals surface area (Å²) in [6.07, 6.45) is 7.02. The molecule has 0 radical (unpaired) electrons. The molecule has 0 bridgehead atoms. The van der Waals surface area contributed by atoms with E-state index in [1.165, 1.54) is 31.4 Å². The van der Waals surface area contributed by atoms with Gasteiger partial charge in [0.05, 0.1) is 30.8 Å². The minimum absolute atomic E-state index is 0.0486. The number of methoxy groups -OCH3 is 1. The van der Waals surface area contributed by atoms with E-state index in [0.717, 1.165) is 17.2 Å². The van der Waals surface area contributed by atoms with Crippen LogP contribution in [-0.4, -0.2) is 32.6 Å². The van der Waals surface area contributed by atoms with Gasteiger partial charge in [-0.25, -0.2) is 13.8 Å². The zero-order valence-corrected chi connectivity index (χ0v) is 17.3. The second-order valence-electron chi connectivity index (χ2n) is 7.27. The van der Waals surface area contributed by atoms with E-state index in [9.17, 15) is 13.6 Å². The predicted molar refractivity (Wildman–Crippen MR) is 119 cm³/mol. The Morgan fingerprint density at radius 2 is 1.85 bits per heavy atom. The lowest BCUT2D eigenvalue weighted by Crippen LogP contribution is -2.14. The van der Waals surface area contributed by atoms with Gasteiger partial charge >= 0.3 is 0 Å². The molecule has 3 heterocycles. The van der Waals surface area contributed by atoms with Gasteiger partial charge in [0.2, 0.25) is 0 Å². The van der Waals surface area contributed by atoms with Crippen LogP contribution in [0.15, 0.2) is 73.3 Å². The molecule has 7 nitrogen and oxygen atoms in total. The summed E-state index contributed by atoms with van der Waals surface area (Å²) in [7, 11) is 1.34. The molecule has 3 aromatic heterocycles. The van der Waals surface area contributed by atoms with Crippen molar-refractivity contribution in [2.45, 2.75) is 0 Å². The Morgan fingerprint density at radius 3 is 2.58 bits per heavy atom. The number of ether oxygens (including phenoxy) is 1. The van der Waals surface area contributed by atoms with E-state index in [1.807, 2.05) is 22.7 Å². The maximum Gasteiger partial charge on any atom is 0.258 e. The minimum atomic E-state index is -0.708. The maximum absolute atomic E-state index is 14.9. The average Bonchev–Trinajstić information content (AvgIpc) is 3.49. The fourth-order valence-electron chi connectivity index (χ4n) is 3.57. The minimum Gasteiger partial charge on any atom is -0.494 e. The van der Waals surface area contributed by atoms with Gasteiger partial charge in [-0.1, -0.05) is 6.07 Å². The van der Waals surface area contributed by atoms with Crippen LogP contribution < -0.4 is 10.1 Å². The van der Waals surface area contributed by atoms with Gasteiger partial charge in [0, 0.05) is 40.8 Å². The van der Waals surface area contributed by atoms with Crippen LogP contribution in [0.4, 0.5) is 14.5 Å². The van der Waals surface area contributed by atoms with Crippen molar-refractivity contribution in [3.05, 3.63) is 90.5 Å². The molecule has 1 amide bonds. The number of pyridine rings is 1. The molecule has 0 saturated heterocycles. The third kappa shape index (κ3) is 3.80. The van der Waals surface area contributed by atoms with E-state index in [-0.39, 0.29) is 17.0 Å². The maximum atomic E-state index is 14.9. The molecule has 164 valence electrons. The summed E-state index contributed by atoms with van der Waals surface area (Å²) < 4.78 is 35.5. The molecule has 5 rings (SSSR count). The Hall–Kier alpha value is -4.53. The van der Waals surface area contributed by atoms with Gasteiger partial charge in [0.25, 0.3) is 5.91 Å². The molecule has 0 aliphatic heterocycles. The summed E-state index contributed by atoms with van der Waals surface area (Å²) in [6, 6.07) is 12.1. The highest BCUT2D eigenvalue weighted by Crippen LogP contribution is 2.27. The largest absolute Gasteiger partial charge is 0.494 e. The lowest BCUT2D eigenvalue weighted by atomic mass is 10.1. The van der Waals surface area contributed by atoms with Crippen LogP contribution in [-0.2, 0) is 0 Å². The lowest BCUT2D eigenvalue weighted by Gasteiger charge is -2.09. The summed E-state index contributed by atoms with van der Waals surface area (Å²) in [5.41, 5.74) is 3.76. The number of carbonyl (C=O) groups excluding carboxylic acids is 1. The predicted octanol–water partition coefficient (Wildman–Crippen LogP) is 4.93. The van der Waals surface area contributed by atoms with Gasteiger partial charge in [0.1, 0.15) is 11.5 Å². The molecule has 2 aromatic carbocycles. The number of benzene rings is 2. The van der Waals surface area contributed by atoms with Crippen LogP contribution in [0.2, 0.25) is 0 Å². The van der Waals surface area contributed by atoms with Crippen LogP contribution in [0, 0.1) is 11.6 Å². The zero-order chi connectivity index (χ0) is 22.9. The first kappa shape index (κ1) is 20.4. The van der Waals surface area contributed by atoms with Crippen LogP contribution in [0.1, 0.15) is 10.4 Å². The summed E-state index contributed by atoms with van der Waals surface area (Å²) in [5.74, 6) is -1.98. The van der Waals surface area contributed by atoms with E-state index in [4.69, 9.17) is 4.74 Å². The van der Waals surface area contributed by atoms with Crippen molar-refractivity contribution in [2.24, 2.45) is 0 Å². The number of aromatic amines is 1. The number of hydrogen-bond donors (Lipinski definition) is 2. The molecule has 0 unspecified atom stereocenters. The molecule has 0 aliphatic carbocycles. The first-order valence-corrected chi connectivity index (χ1v) is 9.94. The fraction of sp³-hybridized carbons (Fsp3) is 0.0417. The monoisotopic (exact) mass is 445 g/mol. The third-order valence-corrected chi connectivity index (χ3v) is 5.26. The van der Waals surface area contributed by atoms with E-state index < -0.39 is 17.5 Å². The molecule has 0 fully saturated rings. The molecule has 33 heavy (non-hydrogen) atoms. The van der Waals surface area contributed by atoms with Gasteiger partial charge in [-0.05, 0) is 36.4 Å². The summed E-state index contributed by atoms with van der Waals surface area (Å²) in [5, 5.41) is 9.24. The Balaban J connectivity index is 1.44. The first-order valence-electron chi connectivity index (χ1n) is 9.94. The standard InChI is InChI=1S/C24H17F2N5O2/c1-33-22-6-4-17(9-20(22)26)30-24(32)18-5-2-14(8-19(18)25)21-12-27-23-7-3-15(13-31(21)23)16-10-28-29-11-16/h2-13H,1H3,(H,28,29)(H,30,32). The van der Waals surface area contributed by atoms with Gasteiger partial charge in [-0.15, -0.1) is 0 Å². The van der Waals surface area contributed by atoms with Crippen molar-refractivity contribution in [2.75, 3.05) is 12.4 Å². The number of fused-ring (bicyclic) bond motifs is 1. The summed E-state index contributed by atoms with van der Waals surface area (Å²) in [6.45, 7) is 0. The molecule has 5 aromatic rings. The summed E-state index contributed by atoms with van der Waals surface area (Å²) in [4.78, 5) is 16.9. The van der Waals surface area contributed by atoms with Crippen LogP contribution in [0.3, 0.4) is 0 Å². The number of nitrogens with one attached hydrogen (secondary N) is 2. The molecular weight excluding hydrogens is 428 g/mol. The SMILES string of the molecule is COc1ccc(NC(=O)c2ccc(-c3cnc4ccc(-c5cn[nH]c5)cn34)cc2F)cc1F. The number of carbonyl (C=O) groups is 1. The van der Waals surface area contributed by atoms with E-state index >= 15 is 0 Å². The molecule has 0 saturated carbocycles. The molecule has 0 atom stereocenters. The number of aromatic nitrogens is 4. The van der Waals surface area contributed by atoms with Crippen LogP contribution in [0.5, 0.6) is 5.75 Å². The molecule has 9 heteroatoms. The molecular formula is C24H17F2N5O2. The van der Waals surface area contributed by atoms with Crippen molar-refractivity contribution in [1.29, 1.82) is 0 Å². The highest BCUT2D eigenvalue weighted by molar-refractivity contribution is 6.04. The summed E-state index contributed by atoms with van der Waals surface area (Å²) >= 11 is 0. The third-order valence-electron chi connectivity index (χ3n) is 5.26. The zero-order valence-electron chi connectivity index (χ0n) is 17.3. The van der Waals surface area contributed by atoms with Gasteiger partial charge in [-0.2, -0.15) is 5.10 Å². The van der Waals surface area contributed by atoms with E-state index in [0.29, 0.717) is 16.9 Å². The smallest absolute Gasteiger partial charge is 0.258 e. The van der Waals surface area contributed by atoms with Crippen LogP contribution >= 0.6 is 0 Å². The Kier molecular flexibility index (Phi) is 5.06. The van der Waals surface area contributed by atoms with Crippen molar-refractivity contribution in [3.8, 4) is 28.1 Å². The number of amides is 1. The number of H-pyrrole nitrogens is 1. The second-order valence-corrected chi connectivity index (χ2v) is 7.27. The first-order chi connectivity index (χ1) is 16.0. The number of anilines is 1. The Bertz CT molecular complexity index is 1480. The quantitative estimate of drug-likeness (QED) is 0.402. The van der Waals surface area contributed by atoms with Crippen molar-refractivity contribution in [1.82, 2.24) is 19.6 Å². The normalized spacial score (nSPS) is 11.0. The number of halogens is 2. The highest BCUT2D eigenvalue weighted by Gasteiger charge is 2.16. The van der Waals surface area contributed by atoms with Crippen molar-refractivity contribution < 1.29 is 18.3 Å². The molecule has 0 spiro atoms. The van der Waals surface area contributed by atoms with Crippen molar-refractivity contribution in [3.63, 3.8) is 0 Å². The van der Waals surface area contributed by atoms with Crippen LogP contribution in [0.25, 0.3) is 28.0 Å². The van der Waals surface area contributed by atoms with Gasteiger partial charge in [-0.3, -0.25) is 14.3 Å². The number of hydrogen-bond acceptors (Lipinski definition) is 4. The fourth-order valence-corrected chi connectivity index (χ4v) is 3.57. The van der Waals surface area contributed by atoms with E-state index in [1.54, 1.807) is 24.7 Å². The number of nitrogens with zero attached hydrogens (tertiary/aromatic N) is 3. The van der Waals surface area contributed by atoms with Gasteiger partial charge < -0.3 is 10.1 Å². The van der Waals surface area contributed by atoms with Crippen molar-refractivity contribution >= 4 is 17.2 Å². The van der Waals surface area contributed by atoms with Gasteiger partial charge in [0.15, 0.2) is 11.6 Å². The second kappa shape index (κ2) is 8.19. The Labute approximate surface area is 186 Å². The highest BCUT2D eigenvalue weighted by atomic mass is 19.1. The Morgan fingerprint density at radius 1 is 1.00 bits per heavy atom. The van der Waals surface area contributed by atoms with E-state index in [2.05, 4.69) is 20.5 Å². The molecule has 2 N–H and O–H groups in total. The lowest BCUT2D eigenvalue weighted by molar-refractivity contribution is 0.102. The topological polar surface area (TPSA) is 84.3 Å². The number of imidazole rings is 1. The average molecular weight is 445 g/mol. The molecule has 0 aliphatic rings. The number of rotatable bonds is 5.